The molecule has 1 N–H and O–H groups in total. The lowest BCUT2D eigenvalue weighted by Crippen LogP contribution is -2.38. The lowest BCUT2D eigenvalue weighted by molar-refractivity contribution is 0.0693. The molecule has 22 heavy (non-hydrogen) atoms. The van der Waals surface area contributed by atoms with Crippen LogP contribution in [-0.2, 0) is 0 Å². The third-order valence-corrected chi connectivity index (χ3v) is 4.72. The van der Waals surface area contributed by atoms with Crippen molar-refractivity contribution < 1.29 is 9.90 Å². The summed E-state index contributed by atoms with van der Waals surface area (Å²) in [5, 5.41) is 9.45. The first-order chi connectivity index (χ1) is 10.5. The molecule has 2 aromatic heterocycles. The summed E-state index contributed by atoms with van der Waals surface area (Å²) in [5.41, 5.74) is 1.87. The molecule has 0 spiro atoms. The maximum atomic E-state index is 11.5. The fourth-order valence-electron chi connectivity index (χ4n) is 3.44. The molecule has 5 heteroatoms. The van der Waals surface area contributed by atoms with Crippen molar-refractivity contribution in [2.75, 3.05) is 13.1 Å². The van der Waals surface area contributed by atoms with Crippen LogP contribution in [0, 0.1) is 6.92 Å². The van der Waals surface area contributed by atoms with E-state index in [-0.39, 0.29) is 5.69 Å². The second-order valence-corrected chi connectivity index (χ2v) is 6.44. The summed E-state index contributed by atoms with van der Waals surface area (Å²) in [6.45, 7) is 8.47. The third-order valence-electron chi connectivity index (χ3n) is 4.72. The number of rotatable bonds is 3. The summed E-state index contributed by atoms with van der Waals surface area (Å²) < 4.78 is 1.98. The Morgan fingerprint density at radius 2 is 2.05 bits per heavy atom. The van der Waals surface area contributed by atoms with E-state index in [1.807, 2.05) is 29.7 Å². The van der Waals surface area contributed by atoms with Crippen molar-refractivity contribution >= 4 is 11.5 Å². The molecule has 118 valence electrons. The number of piperidine rings is 1. The van der Waals surface area contributed by atoms with Crippen molar-refractivity contribution in [1.29, 1.82) is 0 Å². The molecule has 0 amide bonds. The summed E-state index contributed by atoms with van der Waals surface area (Å²) in [4.78, 5) is 18.5. The lowest BCUT2D eigenvalue weighted by Gasteiger charge is -2.34. The van der Waals surface area contributed by atoms with Gasteiger partial charge in [-0.2, -0.15) is 0 Å². The van der Waals surface area contributed by atoms with Crippen LogP contribution in [0.2, 0.25) is 0 Å². The fraction of sp³-hybridized carbons (Fsp3) is 0.529. The highest BCUT2D eigenvalue weighted by Crippen LogP contribution is 2.30. The van der Waals surface area contributed by atoms with Gasteiger partial charge in [0.1, 0.15) is 5.82 Å². The molecule has 1 aliphatic heterocycles. The van der Waals surface area contributed by atoms with E-state index in [4.69, 9.17) is 0 Å². The molecule has 5 nitrogen and oxygen atoms in total. The minimum absolute atomic E-state index is 0.180. The summed E-state index contributed by atoms with van der Waals surface area (Å²) in [7, 11) is 0. The first-order valence-corrected chi connectivity index (χ1v) is 7.94. The summed E-state index contributed by atoms with van der Waals surface area (Å²) >= 11 is 0. The van der Waals surface area contributed by atoms with Crippen LogP contribution in [0.5, 0.6) is 0 Å². The van der Waals surface area contributed by atoms with E-state index in [0.29, 0.717) is 12.0 Å². The summed E-state index contributed by atoms with van der Waals surface area (Å²) in [5.74, 6) is 0.287. The highest BCUT2D eigenvalue weighted by Gasteiger charge is 2.27. The van der Waals surface area contributed by atoms with Gasteiger partial charge in [0.05, 0.1) is 5.52 Å². The van der Waals surface area contributed by atoms with E-state index in [0.717, 1.165) is 42.8 Å². The van der Waals surface area contributed by atoms with Crippen molar-refractivity contribution in [3.05, 3.63) is 35.4 Å². The van der Waals surface area contributed by atoms with Gasteiger partial charge in [-0.25, -0.2) is 9.78 Å². The molecule has 3 rings (SSSR count). The monoisotopic (exact) mass is 301 g/mol. The van der Waals surface area contributed by atoms with Gasteiger partial charge in [-0.15, -0.1) is 0 Å². The molecule has 1 saturated heterocycles. The van der Waals surface area contributed by atoms with Crippen molar-refractivity contribution in [3.8, 4) is 0 Å². The minimum atomic E-state index is -0.947. The predicted octanol–water partition coefficient (Wildman–Crippen LogP) is 2.93. The second kappa shape index (κ2) is 5.72. The molecule has 0 saturated carbocycles. The van der Waals surface area contributed by atoms with Crippen LogP contribution in [0.3, 0.4) is 0 Å². The van der Waals surface area contributed by atoms with E-state index in [1.54, 1.807) is 0 Å². The molecule has 2 aromatic rings. The number of aromatic nitrogens is 2. The molecule has 0 radical (unpaired) electrons. The maximum absolute atomic E-state index is 11.5. The number of aromatic carboxylic acids is 1. The van der Waals surface area contributed by atoms with Crippen molar-refractivity contribution in [2.45, 2.75) is 45.6 Å². The number of fused-ring (bicyclic) bond motifs is 1. The first kappa shape index (κ1) is 15.0. The molecule has 0 atom stereocenters. The number of nitrogens with zero attached hydrogens (tertiary/aromatic N) is 3. The molecular weight excluding hydrogens is 278 g/mol. The zero-order valence-corrected chi connectivity index (χ0v) is 13.4. The number of pyridine rings is 1. The van der Waals surface area contributed by atoms with Crippen molar-refractivity contribution in [1.82, 2.24) is 14.3 Å². The molecule has 1 fully saturated rings. The van der Waals surface area contributed by atoms with E-state index in [1.165, 1.54) is 0 Å². The third kappa shape index (κ3) is 2.50. The Kier molecular flexibility index (Phi) is 3.91. The number of carboxylic acid groups (broad SMARTS) is 1. The van der Waals surface area contributed by atoms with Crippen molar-refractivity contribution in [3.63, 3.8) is 0 Å². The standard InChI is InChI=1S/C17H23N3O2/c1-11(2)19-9-6-13(7-10-19)16-18-14(17(21)22)15-12(3)5-4-8-20(15)16/h4-5,8,11,13H,6-7,9-10H2,1-3H3,(H,21,22). The van der Waals surface area contributed by atoms with Gasteiger partial charge in [0.25, 0.3) is 0 Å². The highest BCUT2D eigenvalue weighted by molar-refractivity contribution is 5.94. The van der Waals surface area contributed by atoms with E-state index in [9.17, 15) is 9.90 Å². The van der Waals surface area contributed by atoms with Gasteiger partial charge in [-0.3, -0.25) is 0 Å². The average Bonchev–Trinajstić information content (AvgIpc) is 2.88. The molecule has 3 heterocycles. The topological polar surface area (TPSA) is 57.8 Å². The Bertz CT molecular complexity index is 697. The Balaban J connectivity index is 1.98. The fourth-order valence-corrected chi connectivity index (χ4v) is 3.44. The minimum Gasteiger partial charge on any atom is -0.476 e. The molecule has 0 aromatic carbocycles. The van der Waals surface area contributed by atoms with Gasteiger partial charge < -0.3 is 14.4 Å². The van der Waals surface area contributed by atoms with Gasteiger partial charge in [0.15, 0.2) is 5.69 Å². The Hall–Kier alpha value is -1.88. The number of imidazole rings is 1. The normalized spacial score (nSPS) is 17.5. The first-order valence-electron chi connectivity index (χ1n) is 7.94. The second-order valence-electron chi connectivity index (χ2n) is 6.44. The largest absolute Gasteiger partial charge is 0.476 e. The van der Waals surface area contributed by atoms with Crippen LogP contribution in [0.1, 0.15) is 54.5 Å². The number of hydrogen-bond acceptors (Lipinski definition) is 3. The van der Waals surface area contributed by atoms with E-state index in [2.05, 4.69) is 23.7 Å². The molecule has 0 bridgehead atoms. The Morgan fingerprint density at radius 1 is 1.36 bits per heavy atom. The van der Waals surface area contributed by atoms with Crippen molar-refractivity contribution in [2.24, 2.45) is 0 Å². The molecule has 0 unspecified atom stereocenters. The van der Waals surface area contributed by atoms with Gasteiger partial charge in [0, 0.05) is 18.2 Å². The average molecular weight is 301 g/mol. The zero-order chi connectivity index (χ0) is 15.9. The van der Waals surface area contributed by atoms with Crippen LogP contribution >= 0.6 is 0 Å². The van der Waals surface area contributed by atoms with Gasteiger partial charge in [-0.1, -0.05) is 6.07 Å². The number of carbonyl (C=O) groups is 1. The quantitative estimate of drug-likeness (QED) is 0.947. The predicted molar refractivity (Wildman–Crippen MR) is 85.6 cm³/mol. The number of likely N-dealkylation sites (tertiary alicyclic amines) is 1. The number of aryl methyl sites for hydroxylation is 1. The molecule has 0 aliphatic carbocycles. The van der Waals surface area contributed by atoms with Gasteiger partial charge in [-0.05, 0) is 58.3 Å². The van der Waals surface area contributed by atoms with Gasteiger partial charge >= 0.3 is 5.97 Å². The van der Waals surface area contributed by atoms with Crippen LogP contribution in [0.4, 0.5) is 0 Å². The summed E-state index contributed by atoms with van der Waals surface area (Å²) in [6, 6.07) is 4.46. The maximum Gasteiger partial charge on any atom is 0.356 e. The zero-order valence-electron chi connectivity index (χ0n) is 13.4. The number of hydrogen-bond donors (Lipinski definition) is 1. The SMILES string of the molecule is Cc1cccn2c(C3CCN(C(C)C)CC3)nc(C(=O)O)c12. The van der Waals surface area contributed by atoms with Crippen LogP contribution in [-0.4, -0.2) is 44.5 Å². The van der Waals surface area contributed by atoms with E-state index < -0.39 is 5.97 Å². The molecule has 1 aliphatic rings. The molecular formula is C17H23N3O2. The van der Waals surface area contributed by atoms with Crippen LogP contribution in [0.25, 0.3) is 5.52 Å². The van der Waals surface area contributed by atoms with E-state index >= 15 is 0 Å². The smallest absolute Gasteiger partial charge is 0.356 e. The number of carboxylic acids is 1. The van der Waals surface area contributed by atoms with Crippen LogP contribution < -0.4 is 0 Å². The van der Waals surface area contributed by atoms with Crippen LogP contribution in [0.15, 0.2) is 18.3 Å². The highest BCUT2D eigenvalue weighted by atomic mass is 16.4. The summed E-state index contributed by atoms with van der Waals surface area (Å²) in [6.07, 6.45) is 4.00. The van der Waals surface area contributed by atoms with Gasteiger partial charge in [0.2, 0.25) is 0 Å². The lowest BCUT2D eigenvalue weighted by atomic mass is 9.95. The Labute approximate surface area is 130 Å². The Morgan fingerprint density at radius 3 is 2.64 bits per heavy atom.